The van der Waals surface area contributed by atoms with Gasteiger partial charge in [-0.3, -0.25) is 4.79 Å². The Morgan fingerprint density at radius 1 is 0.897 bits per heavy atom. The molecule has 0 bridgehead atoms. The summed E-state index contributed by atoms with van der Waals surface area (Å²) in [4.78, 5) is 13.9. The van der Waals surface area contributed by atoms with E-state index >= 15 is 0 Å². The van der Waals surface area contributed by atoms with E-state index in [0.29, 0.717) is 0 Å². The van der Waals surface area contributed by atoms with Gasteiger partial charge in [-0.05, 0) is 60.3 Å². The Labute approximate surface area is 169 Å². The molecule has 5 nitrogen and oxygen atoms in total. The molecule has 0 atom stereocenters. The third-order valence-corrected chi connectivity index (χ3v) is 6.96. The molecule has 0 N–H and O–H groups in total. The largest absolute Gasteiger partial charge is 0.446 e. The summed E-state index contributed by atoms with van der Waals surface area (Å²) >= 11 is -0.263. The Morgan fingerprint density at radius 2 is 1.45 bits per heavy atom. The van der Waals surface area contributed by atoms with Gasteiger partial charge in [-0.2, -0.15) is 17.5 Å². The number of carbonyl (C=O) groups excluding carboxylic acids is 1. The fourth-order valence-electron chi connectivity index (χ4n) is 2.87. The third kappa shape index (κ3) is 5.28. The Kier molecular flexibility index (Phi) is 6.20. The maximum absolute atomic E-state index is 13.0. The molecule has 0 aliphatic carbocycles. The minimum atomic E-state index is -4.40. The maximum atomic E-state index is 13.0. The number of benzene rings is 2. The topological polar surface area (TPSA) is 57.7 Å². The average Bonchev–Trinajstić information content (AvgIpc) is 2.67. The number of amides is 1. The van der Waals surface area contributed by atoms with Crippen molar-refractivity contribution in [3.05, 3.63) is 59.9 Å². The molecule has 1 heterocycles. The molecule has 1 fully saturated rings. The molecule has 0 radical (unpaired) electrons. The number of nitrogens with zero attached hydrogens (tertiary/aromatic N) is 2. The highest BCUT2D eigenvalue weighted by Crippen LogP contribution is 2.36. The van der Waals surface area contributed by atoms with Crippen molar-refractivity contribution in [1.82, 2.24) is 9.21 Å². The number of alkyl halides is 3. The van der Waals surface area contributed by atoms with Crippen LogP contribution in [-0.4, -0.2) is 55.2 Å². The van der Waals surface area contributed by atoms with Gasteiger partial charge < -0.3 is 4.90 Å². The predicted molar refractivity (Wildman–Crippen MR) is 99.4 cm³/mol. The second-order valence-electron chi connectivity index (χ2n) is 6.22. The molecule has 0 aromatic heterocycles. The lowest BCUT2D eigenvalue weighted by molar-refractivity contribution is -0.0328. The summed E-state index contributed by atoms with van der Waals surface area (Å²) < 4.78 is 76.6. The van der Waals surface area contributed by atoms with Crippen LogP contribution in [0.1, 0.15) is 10.4 Å². The zero-order valence-electron chi connectivity index (χ0n) is 14.9. The summed E-state index contributed by atoms with van der Waals surface area (Å²) in [6.07, 6.45) is 0. The molecule has 0 spiro atoms. The molecule has 156 valence electrons. The SMILES string of the molecule is O=C(c1ccc(SC(F)(F)F)cc1)N1CCN(S(=O)(=O)c2ccc(F)cc2)CC1. The quantitative estimate of drug-likeness (QED) is 0.530. The Morgan fingerprint density at radius 3 is 1.97 bits per heavy atom. The van der Waals surface area contributed by atoms with Crippen molar-refractivity contribution >= 4 is 27.7 Å². The second-order valence-corrected chi connectivity index (χ2v) is 9.30. The summed E-state index contributed by atoms with van der Waals surface area (Å²) in [6, 6.07) is 9.57. The minimum absolute atomic E-state index is 0.0238. The fraction of sp³-hybridized carbons (Fsp3) is 0.278. The molecule has 1 saturated heterocycles. The van der Waals surface area contributed by atoms with Crippen LogP contribution in [0.5, 0.6) is 0 Å². The number of rotatable bonds is 4. The molecule has 3 rings (SSSR count). The van der Waals surface area contributed by atoms with Gasteiger partial charge in [0.2, 0.25) is 10.0 Å². The highest BCUT2D eigenvalue weighted by atomic mass is 32.2. The lowest BCUT2D eigenvalue weighted by Gasteiger charge is -2.34. The summed E-state index contributed by atoms with van der Waals surface area (Å²) in [7, 11) is -3.80. The molecule has 29 heavy (non-hydrogen) atoms. The first-order chi connectivity index (χ1) is 13.6. The van der Waals surface area contributed by atoms with E-state index in [9.17, 15) is 30.8 Å². The molecule has 1 amide bonds. The van der Waals surface area contributed by atoms with Crippen molar-refractivity contribution in [2.45, 2.75) is 15.3 Å². The van der Waals surface area contributed by atoms with E-state index < -0.39 is 21.3 Å². The molecule has 1 aliphatic rings. The average molecular weight is 448 g/mol. The second kappa shape index (κ2) is 8.33. The molecule has 2 aromatic rings. The molecule has 2 aromatic carbocycles. The van der Waals surface area contributed by atoms with Gasteiger partial charge in [0.25, 0.3) is 5.91 Å². The van der Waals surface area contributed by atoms with Crippen LogP contribution in [0.25, 0.3) is 0 Å². The highest BCUT2D eigenvalue weighted by molar-refractivity contribution is 8.00. The van der Waals surface area contributed by atoms with E-state index in [4.69, 9.17) is 0 Å². The summed E-state index contributed by atoms with van der Waals surface area (Å²) in [5.41, 5.74) is -4.18. The van der Waals surface area contributed by atoms with Crippen molar-refractivity contribution < 1.29 is 30.8 Å². The number of thioether (sulfide) groups is 1. The number of piperazine rings is 1. The van der Waals surface area contributed by atoms with Gasteiger partial charge in [0, 0.05) is 36.6 Å². The summed E-state index contributed by atoms with van der Waals surface area (Å²) in [6.45, 7) is 0.400. The van der Waals surface area contributed by atoms with Gasteiger partial charge >= 0.3 is 5.51 Å². The normalized spacial score (nSPS) is 16.1. The zero-order chi connectivity index (χ0) is 21.2. The standard InChI is InChI=1S/C18H16F4N2O3S2/c19-14-3-7-16(8-4-14)29(26,27)24-11-9-23(10-12-24)17(25)13-1-5-15(6-2-13)28-18(20,21)22/h1-8H,9-12H2. The lowest BCUT2D eigenvalue weighted by atomic mass is 10.2. The number of halogens is 4. The van der Waals surface area contributed by atoms with Gasteiger partial charge in [0.05, 0.1) is 4.90 Å². The Hall–Kier alpha value is -2.11. The van der Waals surface area contributed by atoms with E-state index in [0.717, 1.165) is 12.1 Å². The number of hydrogen-bond acceptors (Lipinski definition) is 4. The van der Waals surface area contributed by atoms with Crippen LogP contribution in [0.3, 0.4) is 0 Å². The van der Waals surface area contributed by atoms with Crippen molar-refractivity contribution in [2.75, 3.05) is 26.2 Å². The van der Waals surface area contributed by atoms with E-state index in [1.807, 2.05) is 0 Å². The van der Waals surface area contributed by atoms with Crippen LogP contribution in [0, 0.1) is 5.82 Å². The lowest BCUT2D eigenvalue weighted by Crippen LogP contribution is -2.50. The fourth-order valence-corrected chi connectivity index (χ4v) is 4.83. The van der Waals surface area contributed by atoms with Gasteiger partial charge in [0.1, 0.15) is 5.82 Å². The smallest absolute Gasteiger partial charge is 0.336 e. The van der Waals surface area contributed by atoms with Crippen molar-refractivity contribution in [3.63, 3.8) is 0 Å². The van der Waals surface area contributed by atoms with Crippen LogP contribution in [0.4, 0.5) is 17.6 Å². The Balaban J connectivity index is 1.63. The molecular weight excluding hydrogens is 432 g/mol. The summed E-state index contributed by atoms with van der Waals surface area (Å²) in [5.74, 6) is -0.925. The van der Waals surface area contributed by atoms with Crippen LogP contribution in [0.15, 0.2) is 58.3 Å². The molecule has 0 unspecified atom stereocenters. The van der Waals surface area contributed by atoms with Crippen LogP contribution in [0.2, 0.25) is 0 Å². The van der Waals surface area contributed by atoms with Crippen LogP contribution < -0.4 is 0 Å². The van der Waals surface area contributed by atoms with E-state index in [1.165, 1.54) is 45.6 Å². The third-order valence-electron chi connectivity index (χ3n) is 4.31. The van der Waals surface area contributed by atoms with Gasteiger partial charge in [-0.1, -0.05) is 0 Å². The molecular formula is C18H16F4N2O3S2. The van der Waals surface area contributed by atoms with Gasteiger partial charge in [0.15, 0.2) is 0 Å². The van der Waals surface area contributed by atoms with Crippen molar-refractivity contribution in [3.8, 4) is 0 Å². The monoisotopic (exact) mass is 448 g/mol. The minimum Gasteiger partial charge on any atom is -0.336 e. The zero-order valence-corrected chi connectivity index (χ0v) is 16.5. The first-order valence-electron chi connectivity index (χ1n) is 8.47. The van der Waals surface area contributed by atoms with Crippen molar-refractivity contribution in [1.29, 1.82) is 0 Å². The first kappa shape index (κ1) is 21.6. The maximum Gasteiger partial charge on any atom is 0.446 e. The van der Waals surface area contributed by atoms with E-state index in [1.54, 1.807) is 0 Å². The van der Waals surface area contributed by atoms with Gasteiger partial charge in [-0.15, -0.1) is 0 Å². The summed E-state index contributed by atoms with van der Waals surface area (Å²) in [5, 5.41) is 0. The van der Waals surface area contributed by atoms with Gasteiger partial charge in [-0.25, -0.2) is 12.8 Å². The Bertz CT molecular complexity index is 970. The molecule has 0 saturated carbocycles. The van der Waals surface area contributed by atoms with Crippen molar-refractivity contribution in [2.24, 2.45) is 0 Å². The highest BCUT2D eigenvalue weighted by Gasteiger charge is 2.31. The van der Waals surface area contributed by atoms with Crippen LogP contribution >= 0.6 is 11.8 Å². The molecule has 1 aliphatic heterocycles. The van der Waals surface area contributed by atoms with E-state index in [-0.39, 0.29) is 59.2 Å². The number of carbonyl (C=O) groups is 1. The van der Waals surface area contributed by atoms with E-state index in [2.05, 4.69) is 0 Å². The number of hydrogen-bond donors (Lipinski definition) is 0. The number of sulfonamides is 1. The molecule has 11 heteroatoms. The predicted octanol–water partition coefficient (Wildman–Crippen LogP) is 3.58. The van der Waals surface area contributed by atoms with Crippen LogP contribution in [-0.2, 0) is 10.0 Å². The first-order valence-corrected chi connectivity index (χ1v) is 10.7.